The number of para-hydroxylation sites is 1. The van der Waals surface area contributed by atoms with Gasteiger partial charge >= 0.3 is 0 Å². The molecular weight excluding hydrogens is 490 g/mol. The zero-order valence-electron chi connectivity index (χ0n) is 18.4. The third-order valence-electron chi connectivity index (χ3n) is 5.55. The van der Waals surface area contributed by atoms with Gasteiger partial charge in [-0.2, -0.15) is 0 Å². The van der Waals surface area contributed by atoms with Crippen molar-refractivity contribution in [3.63, 3.8) is 0 Å². The van der Waals surface area contributed by atoms with Crippen molar-refractivity contribution in [1.29, 1.82) is 0 Å². The first kappa shape index (κ1) is 24.2. The number of hydrogen-bond acceptors (Lipinski definition) is 6. The van der Waals surface area contributed by atoms with Crippen LogP contribution in [0.3, 0.4) is 0 Å². The lowest BCUT2D eigenvalue weighted by Crippen LogP contribution is -2.30. The number of halogens is 1. The van der Waals surface area contributed by atoms with Crippen LogP contribution in [-0.2, 0) is 17.8 Å². The van der Waals surface area contributed by atoms with Gasteiger partial charge in [0.05, 0.1) is 16.0 Å². The van der Waals surface area contributed by atoms with Crippen LogP contribution in [0.2, 0.25) is 0 Å². The number of carbonyl (C=O) groups excluding carboxylic acids is 1. The van der Waals surface area contributed by atoms with E-state index in [1.807, 2.05) is 36.4 Å². The molecule has 8 heteroatoms. The molecule has 3 heterocycles. The summed E-state index contributed by atoms with van der Waals surface area (Å²) in [5.74, 6) is 0.429. The molecular formula is C25H26ClN3OS3. The number of thioether (sulfide) groups is 1. The number of thiophene rings is 1. The maximum atomic E-state index is 12.9. The van der Waals surface area contributed by atoms with E-state index >= 15 is 0 Å². The van der Waals surface area contributed by atoms with Gasteiger partial charge in [-0.25, -0.2) is 4.98 Å². The van der Waals surface area contributed by atoms with E-state index in [-0.39, 0.29) is 18.3 Å². The summed E-state index contributed by atoms with van der Waals surface area (Å²) in [6.07, 6.45) is 2.16. The molecule has 4 nitrogen and oxygen atoms in total. The highest BCUT2D eigenvalue weighted by molar-refractivity contribution is 8.00. The molecule has 33 heavy (non-hydrogen) atoms. The fraction of sp³-hybridized carbons (Fsp3) is 0.280. The summed E-state index contributed by atoms with van der Waals surface area (Å²) in [5.41, 5.74) is 3.53. The van der Waals surface area contributed by atoms with Gasteiger partial charge in [0.25, 0.3) is 0 Å². The van der Waals surface area contributed by atoms with Crippen LogP contribution >= 0.6 is 46.8 Å². The predicted octanol–water partition coefficient (Wildman–Crippen LogP) is 6.95. The molecule has 172 valence electrons. The Kier molecular flexibility index (Phi) is 8.09. The highest BCUT2D eigenvalue weighted by Crippen LogP contribution is 2.45. The Balaban J connectivity index is 0.00000259. The van der Waals surface area contributed by atoms with Crippen molar-refractivity contribution >= 4 is 68.0 Å². The maximum Gasteiger partial charge on any atom is 0.235 e. The third-order valence-corrected chi connectivity index (χ3v) is 8.75. The molecule has 1 N–H and O–H groups in total. The molecule has 2 aromatic heterocycles. The van der Waals surface area contributed by atoms with E-state index in [1.165, 1.54) is 15.1 Å². The van der Waals surface area contributed by atoms with Crippen LogP contribution in [0.25, 0.3) is 20.8 Å². The number of carbonyl (C=O) groups is 1. The van der Waals surface area contributed by atoms with Crippen molar-refractivity contribution in [1.82, 2.24) is 9.88 Å². The summed E-state index contributed by atoms with van der Waals surface area (Å²) >= 11 is 5.01. The molecule has 5 rings (SSSR count). The monoisotopic (exact) mass is 515 g/mol. The van der Waals surface area contributed by atoms with Crippen LogP contribution in [-0.4, -0.2) is 34.6 Å². The minimum Gasteiger partial charge on any atom is -0.316 e. The summed E-state index contributed by atoms with van der Waals surface area (Å²) in [6, 6.07) is 18.3. The average molecular weight is 516 g/mol. The fourth-order valence-corrected chi connectivity index (χ4v) is 7.22. The minimum atomic E-state index is 0. The van der Waals surface area contributed by atoms with E-state index in [1.54, 1.807) is 34.4 Å². The highest BCUT2D eigenvalue weighted by atomic mass is 35.5. The van der Waals surface area contributed by atoms with Crippen LogP contribution in [0.15, 0.2) is 59.5 Å². The van der Waals surface area contributed by atoms with Gasteiger partial charge in [-0.3, -0.25) is 9.69 Å². The van der Waals surface area contributed by atoms with Crippen LogP contribution in [0, 0.1) is 0 Å². The van der Waals surface area contributed by atoms with Gasteiger partial charge < -0.3 is 5.32 Å². The van der Waals surface area contributed by atoms with E-state index in [0.717, 1.165) is 58.5 Å². The molecule has 0 saturated carbocycles. The first-order chi connectivity index (χ1) is 15.7. The molecule has 0 atom stereocenters. The van der Waals surface area contributed by atoms with Crippen molar-refractivity contribution in [2.24, 2.45) is 0 Å². The topological polar surface area (TPSA) is 45.2 Å². The number of nitrogens with one attached hydrogen (secondary N) is 1. The molecule has 0 aliphatic carbocycles. The maximum absolute atomic E-state index is 12.9. The quantitative estimate of drug-likeness (QED) is 0.270. The van der Waals surface area contributed by atoms with Crippen LogP contribution in [0.5, 0.6) is 0 Å². The Bertz CT molecular complexity index is 1210. The van der Waals surface area contributed by atoms with Gasteiger partial charge in [0.15, 0.2) is 0 Å². The van der Waals surface area contributed by atoms with Crippen LogP contribution in [0.1, 0.15) is 23.8 Å². The number of aromatic nitrogens is 1. The first-order valence-electron chi connectivity index (χ1n) is 10.9. The molecule has 4 aromatic rings. The molecule has 0 bridgehead atoms. The molecule has 0 fully saturated rings. The Labute approximate surface area is 212 Å². The van der Waals surface area contributed by atoms with Gasteiger partial charge in [0, 0.05) is 28.4 Å². The third kappa shape index (κ3) is 5.44. The molecule has 0 radical (unpaired) electrons. The largest absolute Gasteiger partial charge is 0.316 e. The molecule has 0 unspecified atom stereocenters. The second-order valence-corrected chi connectivity index (χ2v) is 11.1. The number of fused-ring (bicyclic) bond motifs is 2. The van der Waals surface area contributed by atoms with E-state index in [2.05, 4.69) is 35.3 Å². The smallest absolute Gasteiger partial charge is 0.235 e. The molecule has 1 aliphatic rings. The van der Waals surface area contributed by atoms with Crippen molar-refractivity contribution in [2.75, 3.05) is 24.2 Å². The fourth-order valence-electron chi connectivity index (χ4n) is 4.09. The summed E-state index contributed by atoms with van der Waals surface area (Å²) in [7, 11) is 0. The lowest BCUT2D eigenvalue weighted by atomic mass is 10.0. The first-order valence-corrected chi connectivity index (χ1v) is 13.5. The van der Waals surface area contributed by atoms with E-state index < -0.39 is 0 Å². The van der Waals surface area contributed by atoms with Crippen molar-refractivity contribution in [3.05, 3.63) is 65.0 Å². The van der Waals surface area contributed by atoms with Crippen LogP contribution < -0.4 is 5.32 Å². The number of anilines is 1. The van der Waals surface area contributed by atoms with Crippen molar-refractivity contribution in [2.45, 2.75) is 31.2 Å². The number of nitrogens with zero attached hydrogens (tertiary/aromatic N) is 2. The lowest BCUT2D eigenvalue weighted by molar-refractivity contribution is -0.113. The second-order valence-electron chi connectivity index (χ2n) is 7.87. The number of rotatable bonds is 7. The lowest BCUT2D eigenvalue weighted by Gasteiger charge is -2.26. The SMILES string of the molecule is CCCN1CCc2c(sc(NC(=O)CSc3ccccc3)c2-c2nc3ccccc3s2)C1.Cl. The number of benzene rings is 2. The zero-order chi connectivity index (χ0) is 21.9. The van der Waals surface area contributed by atoms with E-state index in [9.17, 15) is 4.79 Å². The Hall–Kier alpha value is -1.90. The van der Waals surface area contributed by atoms with Gasteiger partial charge in [-0.05, 0) is 49.2 Å². The van der Waals surface area contributed by atoms with Gasteiger partial charge in [-0.1, -0.05) is 37.3 Å². The van der Waals surface area contributed by atoms with Gasteiger partial charge in [0.2, 0.25) is 5.91 Å². The normalized spacial score (nSPS) is 13.5. The molecule has 0 saturated heterocycles. The number of hydrogen-bond donors (Lipinski definition) is 1. The zero-order valence-corrected chi connectivity index (χ0v) is 21.6. The second kappa shape index (κ2) is 11.0. The van der Waals surface area contributed by atoms with Crippen LogP contribution in [0.4, 0.5) is 5.00 Å². The Morgan fingerprint density at radius 1 is 1.12 bits per heavy atom. The molecule has 2 aromatic carbocycles. The summed E-state index contributed by atoms with van der Waals surface area (Å²) in [4.78, 5) is 22.8. The Morgan fingerprint density at radius 2 is 1.91 bits per heavy atom. The predicted molar refractivity (Wildman–Crippen MR) is 145 cm³/mol. The number of amides is 1. The summed E-state index contributed by atoms with van der Waals surface area (Å²) in [6.45, 7) is 5.36. The molecule has 0 spiro atoms. The van der Waals surface area contributed by atoms with Gasteiger partial charge in [-0.15, -0.1) is 46.8 Å². The summed E-state index contributed by atoms with van der Waals surface area (Å²) < 4.78 is 1.18. The number of thiazole rings is 1. The minimum absolute atomic E-state index is 0. The molecule has 1 aliphatic heterocycles. The van der Waals surface area contributed by atoms with E-state index in [4.69, 9.17) is 4.98 Å². The molecule has 1 amide bonds. The highest BCUT2D eigenvalue weighted by Gasteiger charge is 2.27. The van der Waals surface area contributed by atoms with E-state index in [0.29, 0.717) is 5.75 Å². The standard InChI is InChI=1S/C25H25N3OS3.ClH/c1-2-13-28-14-12-18-21(15-28)32-25(27-22(29)16-30-17-8-4-3-5-9-17)23(18)24-26-19-10-6-7-11-20(19)31-24;/h3-11H,2,12-16H2,1H3,(H,27,29);1H. The Morgan fingerprint density at radius 3 is 2.70 bits per heavy atom. The van der Waals surface area contributed by atoms with Gasteiger partial charge in [0.1, 0.15) is 10.0 Å². The van der Waals surface area contributed by atoms with Crippen molar-refractivity contribution < 1.29 is 4.79 Å². The summed E-state index contributed by atoms with van der Waals surface area (Å²) in [5, 5.41) is 5.20. The average Bonchev–Trinajstić information content (AvgIpc) is 3.38. The van der Waals surface area contributed by atoms with Crippen molar-refractivity contribution in [3.8, 4) is 10.6 Å².